The Morgan fingerprint density at radius 1 is 1.53 bits per heavy atom. The average Bonchev–Trinajstić information content (AvgIpc) is 2.46. The molecule has 0 aromatic heterocycles. The van der Waals surface area contributed by atoms with Gasteiger partial charge in [0.15, 0.2) is 5.84 Å². The average molecular weight is 261 g/mol. The maximum Gasteiger partial charge on any atom is 0.172 e. The SMILES string of the molecule is CCC1CCCN(c2cc(C)ccc2C(N)=NO)C1. The second-order valence-corrected chi connectivity index (χ2v) is 5.37. The Labute approximate surface area is 114 Å². The highest BCUT2D eigenvalue weighted by molar-refractivity contribution is 6.02. The Kier molecular flexibility index (Phi) is 4.30. The molecule has 4 heteroatoms. The lowest BCUT2D eigenvalue weighted by molar-refractivity contribution is 0.318. The molecule has 2 rings (SSSR count). The summed E-state index contributed by atoms with van der Waals surface area (Å²) in [6.07, 6.45) is 3.72. The van der Waals surface area contributed by atoms with Gasteiger partial charge < -0.3 is 15.8 Å². The molecule has 4 nitrogen and oxygen atoms in total. The number of oxime groups is 1. The second-order valence-electron chi connectivity index (χ2n) is 5.37. The minimum atomic E-state index is 0.189. The van der Waals surface area contributed by atoms with Gasteiger partial charge in [-0.05, 0) is 43.4 Å². The van der Waals surface area contributed by atoms with Gasteiger partial charge in [0.25, 0.3) is 0 Å². The van der Waals surface area contributed by atoms with Crippen molar-refractivity contribution in [2.45, 2.75) is 33.1 Å². The zero-order valence-corrected chi connectivity index (χ0v) is 11.8. The van der Waals surface area contributed by atoms with Crippen LogP contribution in [0.25, 0.3) is 0 Å². The molecule has 1 unspecified atom stereocenters. The molecule has 1 fully saturated rings. The van der Waals surface area contributed by atoms with E-state index in [1.165, 1.54) is 24.8 Å². The summed E-state index contributed by atoms with van der Waals surface area (Å²) in [5.74, 6) is 0.933. The van der Waals surface area contributed by atoms with Crippen molar-refractivity contribution >= 4 is 11.5 Å². The molecule has 0 aliphatic carbocycles. The molecule has 1 aliphatic rings. The van der Waals surface area contributed by atoms with Gasteiger partial charge in [-0.2, -0.15) is 0 Å². The van der Waals surface area contributed by atoms with Crippen LogP contribution < -0.4 is 10.6 Å². The second kappa shape index (κ2) is 5.95. The molecule has 1 aromatic carbocycles. The van der Waals surface area contributed by atoms with Crippen LogP contribution in [0.3, 0.4) is 0 Å². The van der Waals surface area contributed by atoms with Crippen LogP contribution in [-0.2, 0) is 0 Å². The fourth-order valence-corrected chi connectivity index (χ4v) is 2.79. The molecule has 104 valence electrons. The van der Waals surface area contributed by atoms with E-state index in [1.54, 1.807) is 0 Å². The molecule has 0 saturated carbocycles. The van der Waals surface area contributed by atoms with Crippen LogP contribution in [-0.4, -0.2) is 24.1 Å². The van der Waals surface area contributed by atoms with Crippen LogP contribution in [0.5, 0.6) is 0 Å². The van der Waals surface area contributed by atoms with E-state index in [4.69, 9.17) is 10.9 Å². The molecule has 1 heterocycles. The molecule has 1 saturated heterocycles. The summed E-state index contributed by atoms with van der Waals surface area (Å²) < 4.78 is 0. The van der Waals surface area contributed by atoms with Crippen LogP contribution in [0, 0.1) is 12.8 Å². The van der Waals surface area contributed by atoms with E-state index in [0.29, 0.717) is 0 Å². The summed E-state index contributed by atoms with van der Waals surface area (Å²) >= 11 is 0. The van der Waals surface area contributed by atoms with E-state index >= 15 is 0 Å². The van der Waals surface area contributed by atoms with Crippen molar-refractivity contribution in [3.63, 3.8) is 0 Å². The summed E-state index contributed by atoms with van der Waals surface area (Å²) in [4.78, 5) is 2.37. The van der Waals surface area contributed by atoms with Gasteiger partial charge in [-0.25, -0.2) is 0 Å². The highest BCUT2D eigenvalue weighted by atomic mass is 16.4. The number of nitrogens with zero attached hydrogens (tertiary/aromatic N) is 2. The zero-order valence-electron chi connectivity index (χ0n) is 11.8. The van der Waals surface area contributed by atoms with E-state index in [9.17, 15) is 0 Å². The Morgan fingerprint density at radius 2 is 2.32 bits per heavy atom. The van der Waals surface area contributed by atoms with Crippen molar-refractivity contribution in [1.29, 1.82) is 0 Å². The predicted octanol–water partition coefficient (Wildman–Crippen LogP) is 2.72. The predicted molar refractivity (Wildman–Crippen MR) is 78.9 cm³/mol. The molecule has 1 aromatic rings. The molecule has 1 atom stereocenters. The van der Waals surface area contributed by atoms with Gasteiger partial charge in [-0.15, -0.1) is 0 Å². The summed E-state index contributed by atoms with van der Waals surface area (Å²) in [6, 6.07) is 6.07. The molecular formula is C15H23N3O. The van der Waals surface area contributed by atoms with Crippen LogP contribution in [0.1, 0.15) is 37.3 Å². The Hall–Kier alpha value is -1.71. The molecule has 0 radical (unpaired) electrons. The lowest BCUT2D eigenvalue weighted by Gasteiger charge is -2.35. The van der Waals surface area contributed by atoms with Crippen molar-refractivity contribution in [2.75, 3.05) is 18.0 Å². The fourth-order valence-electron chi connectivity index (χ4n) is 2.79. The largest absolute Gasteiger partial charge is 0.409 e. The van der Waals surface area contributed by atoms with Crippen LogP contribution >= 0.6 is 0 Å². The number of hydrogen-bond donors (Lipinski definition) is 2. The fraction of sp³-hybridized carbons (Fsp3) is 0.533. The van der Waals surface area contributed by atoms with Crippen molar-refractivity contribution in [3.8, 4) is 0 Å². The molecule has 0 spiro atoms. The smallest absolute Gasteiger partial charge is 0.172 e. The number of piperidine rings is 1. The lowest BCUT2D eigenvalue weighted by Crippen LogP contribution is -2.36. The minimum absolute atomic E-state index is 0.189. The first-order valence-electron chi connectivity index (χ1n) is 6.99. The van der Waals surface area contributed by atoms with Gasteiger partial charge in [0, 0.05) is 24.3 Å². The summed E-state index contributed by atoms with van der Waals surface area (Å²) in [5, 5.41) is 12.1. The summed E-state index contributed by atoms with van der Waals surface area (Å²) in [5.41, 5.74) is 8.90. The highest BCUT2D eigenvalue weighted by Gasteiger charge is 2.21. The maximum atomic E-state index is 8.92. The normalized spacial score (nSPS) is 20.6. The van der Waals surface area contributed by atoms with Crippen LogP contribution in [0.2, 0.25) is 0 Å². The van der Waals surface area contributed by atoms with Crippen molar-refractivity contribution in [2.24, 2.45) is 16.8 Å². The third-order valence-electron chi connectivity index (χ3n) is 3.97. The Balaban J connectivity index is 2.34. The van der Waals surface area contributed by atoms with Gasteiger partial charge >= 0.3 is 0 Å². The molecule has 3 N–H and O–H groups in total. The number of benzene rings is 1. The number of aryl methyl sites for hydroxylation is 1. The van der Waals surface area contributed by atoms with E-state index in [-0.39, 0.29) is 5.84 Å². The summed E-state index contributed by atoms with van der Waals surface area (Å²) in [7, 11) is 0. The Morgan fingerprint density at radius 3 is 3.00 bits per heavy atom. The third-order valence-corrected chi connectivity index (χ3v) is 3.97. The van der Waals surface area contributed by atoms with Crippen molar-refractivity contribution in [3.05, 3.63) is 29.3 Å². The third kappa shape index (κ3) is 3.00. The molecule has 0 bridgehead atoms. The summed E-state index contributed by atoms with van der Waals surface area (Å²) in [6.45, 7) is 6.42. The molecule has 1 aliphatic heterocycles. The quantitative estimate of drug-likeness (QED) is 0.380. The van der Waals surface area contributed by atoms with E-state index in [0.717, 1.165) is 30.3 Å². The number of nitrogens with two attached hydrogens (primary N) is 1. The first-order chi connectivity index (χ1) is 9.15. The standard InChI is InChI=1S/C15H23N3O/c1-3-12-5-4-8-18(10-12)14-9-11(2)6-7-13(14)15(16)17-19/h6-7,9,12,19H,3-5,8,10H2,1-2H3,(H2,16,17). The van der Waals surface area contributed by atoms with Crippen LogP contribution in [0.15, 0.2) is 23.4 Å². The van der Waals surface area contributed by atoms with Gasteiger partial charge in [0.1, 0.15) is 0 Å². The van der Waals surface area contributed by atoms with Crippen molar-refractivity contribution < 1.29 is 5.21 Å². The number of anilines is 1. The van der Waals surface area contributed by atoms with Gasteiger partial charge in [-0.1, -0.05) is 24.6 Å². The van der Waals surface area contributed by atoms with Gasteiger partial charge in [0.05, 0.1) is 0 Å². The van der Waals surface area contributed by atoms with E-state index < -0.39 is 0 Å². The number of amidine groups is 1. The number of hydrogen-bond acceptors (Lipinski definition) is 3. The molecule has 19 heavy (non-hydrogen) atoms. The monoisotopic (exact) mass is 261 g/mol. The topological polar surface area (TPSA) is 61.8 Å². The first-order valence-corrected chi connectivity index (χ1v) is 6.99. The highest BCUT2D eigenvalue weighted by Crippen LogP contribution is 2.28. The van der Waals surface area contributed by atoms with Gasteiger partial charge in [-0.3, -0.25) is 0 Å². The molecular weight excluding hydrogens is 238 g/mol. The minimum Gasteiger partial charge on any atom is -0.409 e. The van der Waals surface area contributed by atoms with Crippen molar-refractivity contribution in [1.82, 2.24) is 0 Å². The first kappa shape index (κ1) is 13.7. The zero-order chi connectivity index (χ0) is 13.8. The lowest BCUT2D eigenvalue weighted by atomic mass is 9.94. The molecule has 0 amide bonds. The Bertz CT molecular complexity index is 470. The maximum absolute atomic E-state index is 8.92. The number of rotatable bonds is 3. The van der Waals surface area contributed by atoms with Crippen LogP contribution in [0.4, 0.5) is 5.69 Å². The van der Waals surface area contributed by atoms with Gasteiger partial charge in [0.2, 0.25) is 0 Å². The van der Waals surface area contributed by atoms with E-state index in [1.807, 2.05) is 12.1 Å². The van der Waals surface area contributed by atoms with E-state index in [2.05, 4.69) is 30.0 Å².